The number of rotatable bonds is 7. The molecule has 1 amide bonds. The highest BCUT2D eigenvalue weighted by molar-refractivity contribution is 6.05. The van der Waals surface area contributed by atoms with Crippen molar-refractivity contribution in [1.29, 1.82) is 0 Å². The van der Waals surface area contributed by atoms with E-state index < -0.39 is 0 Å². The summed E-state index contributed by atoms with van der Waals surface area (Å²) in [6, 6.07) is 23.6. The third-order valence-electron chi connectivity index (χ3n) is 4.98. The maximum atomic E-state index is 12.9. The highest BCUT2D eigenvalue weighted by Gasteiger charge is 2.16. The molecular formula is C26H29NO2. The fourth-order valence-corrected chi connectivity index (χ4v) is 3.32. The van der Waals surface area contributed by atoms with Gasteiger partial charge in [-0.25, -0.2) is 0 Å². The van der Waals surface area contributed by atoms with Gasteiger partial charge in [-0.15, -0.1) is 0 Å². The van der Waals surface area contributed by atoms with Crippen molar-refractivity contribution >= 4 is 11.6 Å². The average molecular weight is 388 g/mol. The van der Waals surface area contributed by atoms with Gasteiger partial charge in [0.1, 0.15) is 12.4 Å². The molecule has 0 atom stereocenters. The first-order valence-electron chi connectivity index (χ1n) is 10.2. The lowest BCUT2D eigenvalue weighted by atomic mass is 9.92. The maximum absolute atomic E-state index is 12.9. The Bertz CT molecular complexity index is 918. The van der Waals surface area contributed by atoms with Gasteiger partial charge in [0.25, 0.3) is 5.91 Å². The van der Waals surface area contributed by atoms with E-state index in [1.807, 2.05) is 54.6 Å². The van der Waals surface area contributed by atoms with E-state index in [2.05, 4.69) is 51.2 Å². The van der Waals surface area contributed by atoms with E-state index in [1.54, 1.807) is 0 Å². The van der Waals surface area contributed by atoms with Gasteiger partial charge in [-0.05, 0) is 52.8 Å². The molecule has 0 saturated carbocycles. The van der Waals surface area contributed by atoms with Crippen LogP contribution in [0.25, 0.3) is 0 Å². The van der Waals surface area contributed by atoms with Crippen molar-refractivity contribution in [3.05, 3.63) is 95.1 Å². The fourth-order valence-electron chi connectivity index (χ4n) is 3.32. The van der Waals surface area contributed by atoms with Crippen molar-refractivity contribution in [1.82, 2.24) is 0 Å². The van der Waals surface area contributed by atoms with Crippen molar-refractivity contribution in [3.63, 3.8) is 0 Å². The van der Waals surface area contributed by atoms with Gasteiger partial charge in [0.05, 0.1) is 0 Å². The zero-order valence-corrected chi connectivity index (χ0v) is 17.6. The minimum atomic E-state index is -0.102. The van der Waals surface area contributed by atoms with Crippen LogP contribution in [0.1, 0.15) is 66.6 Å². The summed E-state index contributed by atoms with van der Waals surface area (Å²) in [6.45, 7) is 9.09. The second-order valence-corrected chi connectivity index (χ2v) is 7.87. The van der Waals surface area contributed by atoms with Crippen LogP contribution >= 0.6 is 0 Å². The standard InChI is InChI=1S/C26H29NO2/c1-18(2)23-11-8-12-24(19(3)4)25(23)27-26(28)21-13-15-22(16-14-21)29-17-20-9-6-5-7-10-20/h5-16,18-19H,17H2,1-4H3,(H,27,28). The predicted octanol–water partition coefficient (Wildman–Crippen LogP) is 6.76. The van der Waals surface area contributed by atoms with Crippen molar-refractivity contribution in [2.45, 2.75) is 46.1 Å². The molecule has 3 rings (SSSR count). The molecule has 0 aliphatic carbocycles. The molecule has 0 aliphatic heterocycles. The molecule has 0 radical (unpaired) electrons. The van der Waals surface area contributed by atoms with Crippen LogP contribution in [0.2, 0.25) is 0 Å². The van der Waals surface area contributed by atoms with Crippen LogP contribution in [0, 0.1) is 0 Å². The van der Waals surface area contributed by atoms with E-state index in [0.717, 1.165) is 28.1 Å². The van der Waals surface area contributed by atoms with E-state index in [-0.39, 0.29) is 5.91 Å². The molecule has 3 nitrogen and oxygen atoms in total. The molecule has 0 unspecified atom stereocenters. The van der Waals surface area contributed by atoms with Crippen molar-refractivity contribution in [2.24, 2.45) is 0 Å². The van der Waals surface area contributed by atoms with Crippen molar-refractivity contribution in [2.75, 3.05) is 5.32 Å². The molecular weight excluding hydrogens is 358 g/mol. The number of carbonyl (C=O) groups excluding carboxylic acids is 1. The molecule has 29 heavy (non-hydrogen) atoms. The Kier molecular flexibility index (Phi) is 6.71. The molecule has 0 bridgehead atoms. The average Bonchev–Trinajstić information content (AvgIpc) is 2.73. The van der Waals surface area contributed by atoms with Crippen LogP contribution in [0.5, 0.6) is 5.75 Å². The SMILES string of the molecule is CC(C)c1cccc(C(C)C)c1NC(=O)c1ccc(OCc2ccccc2)cc1. The molecule has 3 aromatic carbocycles. The number of nitrogens with one attached hydrogen (secondary N) is 1. The van der Waals surface area contributed by atoms with E-state index in [4.69, 9.17) is 4.74 Å². The summed E-state index contributed by atoms with van der Waals surface area (Å²) in [7, 11) is 0. The number of anilines is 1. The Hall–Kier alpha value is -3.07. The molecule has 0 aliphatic rings. The summed E-state index contributed by atoms with van der Waals surface area (Å²) in [5, 5.41) is 3.16. The predicted molar refractivity (Wildman–Crippen MR) is 120 cm³/mol. The zero-order valence-electron chi connectivity index (χ0n) is 17.6. The number of para-hydroxylation sites is 1. The summed E-state index contributed by atoms with van der Waals surface area (Å²) in [4.78, 5) is 12.9. The number of amides is 1. The number of benzene rings is 3. The molecule has 3 aromatic rings. The number of carbonyl (C=O) groups is 1. The first kappa shape index (κ1) is 20.7. The lowest BCUT2D eigenvalue weighted by Crippen LogP contribution is -2.16. The highest BCUT2D eigenvalue weighted by atomic mass is 16.5. The first-order chi connectivity index (χ1) is 14.0. The third-order valence-corrected chi connectivity index (χ3v) is 4.98. The molecule has 1 N–H and O–H groups in total. The summed E-state index contributed by atoms with van der Waals surface area (Å²) in [5.74, 6) is 1.31. The Morgan fingerprint density at radius 1 is 0.793 bits per heavy atom. The van der Waals surface area contributed by atoms with Gasteiger partial charge >= 0.3 is 0 Å². The van der Waals surface area contributed by atoms with Crippen molar-refractivity contribution < 1.29 is 9.53 Å². The highest BCUT2D eigenvalue weighted by Crippen LogP contribution is 2.32. The number of hydrogen-bond donors (Lipinski definition) is 1. The van der Waals surface area contributed by atoms with Crippen LogP contribution in [0.15, 0.2) is 72.8 Å². The van der Waals surface area contributed by atoms with Gasteiger partial charge in [0, 0.05) is 11.3 Å². The van der Waals surface area contributed by atoms with Gasteiger partial charge < -0.3 is 10.1 Å². The minimum Gasteiger partial charge on any atom is -0.489 e. The zero-order chi connectivity index (χ0) is 20.8. The van der Waals surface area contributed by atoms with E-state index >= 15 is 0 Å². The second-order valence-electron chi connectivity index (χ2n) is 7.87. The number of hydrogen-bond acceptors (Lipinski definition) is 2. The van der Waals surface area contributed by atoms with Gasteiger partial charge in [-0.3, -0.25) is 4.79 Å². The minimum absolute atomic E-state index is 0.102. The molecule has 0 spiro atoms. The Labute approximate surface area is 173 Å². The van der Waals surface area contributed by atoms with Crippen LogP contribution in [0.3, 0.4) is 0 Å². The quantitative estimate of drug-likeness (QED) is 0.486. The Morgan fingerprint density at radius 2 is 1.38 bits per heavy atom. The molecule has 0 heterocycles. The van der Waals surface area contributed by atoms with E-state index in [0.29, 0.717) is 24.0 Å². The molecule has 0 saturated heterocycles. The van der Waals surface area contributed by atoms with Crippen LogP contribution in [0.4, 0.5) is 5.69 Å². The lowest BCUT2D eigenvalue weighted by Gasteiger charge is -2.20. The van der Waals surface area contributed by atoms with E-state index in [9.17, 15) is 4.79 Å². The summed E-state index contributed by atoms with van der Waals surface area (Å²) >= 11 is 0. The molecule has 150 valence electrons. The Balaban J connectivity index is 1.73. The fraction of sp³-hybridized carbons (Fsp3) is 0.269. The second kappa shape index (κ2) is 9.42. The summed E-state index contributed by atoms with van der Waals surface area (Å²) < 4.78 is 5.81. The lowest BCUT2D eigenvalue weighted by molar-refractivity contribution is 0.102. The summed E-state index contributed by atoms with van der Waals surface area (Å²) in [6.07, 6.45) is 0. The van der Waals surface area contributed by atoms with Crippen LogP contribution in [-0.2, 0) is 6.61 Å². The third kappa shape index (κ3) is 5.26. The largest absolute Gasteiger partial charge is 0.489 e. The summed E-state index contributed by atoms with van der Waals surface area (Å²) in [5.41, 5.74) is 4.98. The number of ether oxygens (including phenoxy) is 1. The smallest absolute Gasteiger partial charge is 0.255 e. The first-order valence-corrected chi connectivity index (χ1v) is 10.2. The molecule has 3 heteroatoms. The van der Waals surface area contributed by atoms with Gasteiger partial charge in [0.2, 0.25) is 0 Å². The van der Waals surface area contributed by atoms with Crippen LogP contribution in [-0.4, -0.2) is 5.91 Å². The van der Waals surface area contributed by atoms with Gasteiger partial charge in [0.15, 0.2) is 0 Å². The maximum Gasteiger partial charge on any atom is 0.255 e. The Morgan fingerprint density at radius 3 is 1.93 bits per heavy atom. The normalized spacial score (nSPS) is 11.0. The van der Waals surface area contributed by atoms with Gasteiger partial charge in [-0.2, -0.15) is 0 Å². The molecule has 0 fully saturated rings. The topological polar surface area (TPSA) is 38.3 Å². The van der Waals surface area contributed by atoms with Gasteiger partial charge in [-0.1, -0.05) is 76.2 Å². The van der Waals surface area contributed by atoms with Crippen LogP contribution < -0.4 is 10.1 Å². The monoisotopic (exact) mass is 387 g/mol. The molecule has 0 aromatic heterocycles. The van der Waals surface area contributed by atoms with Crippen molar-refractivity contribution in [3.8, 4) is 5.75 Å². The van der Waals surface area contributed by atoms with E-state index in [1.165, 1.54) is 0 Å².